The third-order valence-corrected chi connectivity index (χ3v) is 7.34. The monoisotopic (exact) mass is 406 g/mol. The largest absolute Gasteiger partial charge is 0.501 e. The molecule has 0 saturated carbocycles. The van der Waals surface area contributed by atoms with Crippen LogP contribution >= 0.6 is 0 Å². The van der Waals surface area contributed by atoms with Crippen LogP contribution in [0.25, 0.3) is 0 Å². The van der Waals surface area contributed by atoms with E-state index in [1.807, 2.05) is 27.7 Å². The molecule has 0 bridgehead atoms. The molecular weight excluding hydrogens is 373 g/mol. The summed E-state index contributed by atoms with van der Waals surface area (Å²) in [6, 6.07) is 6.34. The number of aryl methyl sites for hydroxylation is 1. The quantitative estimate of drug-likeness (QED) is 0.304. The smallest absolute Gasteiger partial charge is 0.377 e. The molecule has 7 heteroatoms. The van der Waals surface area contributed by atoms with E-state index in [1.54, 1.807) is 13.2 Å². The average Bonchev–Trinajstić information content (AvgIpc) is 2.56. The Morgan fingerprint density at radius 3 is 2.04 bits per heavy atom. The van der Waals surface area contributed by atoms with Gasteiger partial charge in [0.2, 0.25) is 0 Å². The highest BCUT2D eigenvalue weighted by Gasteiger charge is 2.41. The Balaban J connectivity index is 2.42. The Hall–Kier alpha value is -0.893. The fourth-order valence-electron chi connectivity index (χ4n) is 2.99. The number of benzene rings is 1. The van der Waals surface area contributed by atoms with Gasteiger partial charge in [-0.15, -0.1) is 0 Å². The number of rotatable bonds is 12. The van der Waals surface area contributed by atoms with Crippen LogP contribution in [-0.2, 0) is 25.9 Å². The molecule has 0 saturated heterocycles. The Morgan fingerprint density at radius 2 is 1.52 bits per heavy atom. The lowest BCUT2D eigenvalue weighted by Crippen LogP contribution is -2.48. The van der Waals surface area contributed by atoms with E-state index in [2.05, 4.69) is 0 Å². The van der Waals surface area contributed by atoms with Gasteiger partial charge in [0.05, 0.1) is 5.56 Å². The van der Waals surface area contributed by atoms with Crippen LogP contribution in [0.3, 0.4) is 0 Å². The fourth-order valence-corrected chi connectivity index (χ4v) is 5.80. The van der Waals surface area contributed by atoms with Crippen LogP contribution in [0, 0.1) is 0 Å². The first-order valence-corrected chi connectivity index (χ1v) is 11.6. The topological polar surface area (TPSA) is 27.7 Å². The van der Waals surface area contributed by atoms with E-state index < -0.39 is 20.5 Å². The van der Waals surface area contributed by atoms with E-state index in [-0.39, 0.29) is 12.2 Å². The van der Waals surface area contributed by atoms with Crippen molar-refractivity contribution in [3.63, 3.8) is 0 Å². The molecule has 0 aliphatic carbocycles. The Labute approximate surface area is 162 Å². The van der Waals surface area contributed by atoms with Crippen molar-refractivity contribution >= 4 is 8.80 Å². The zero-order valence-corrected chi connectivity index (χ0v) is 18.1. The van der Waals surface area contributed by atoms with Gasteiger partial charge >= 0.3 is 15.0 Å². The first-order valence-electron chi connectivity index (χ1n) is 9.65. The third-order valence-electron chi connectivity index (χ3n) is 4.09. The van der Waals surface area contributed by atoms with E-state index >= 15 is 0 Å². The summed E-state index contributed by atoms with van der Waals surface area (Å²) < 4.78 is 55.9. The van der Waals surface area contributed by atoms with Crippen molar-refractivity contribution in [1.29, 1.82) is 0 Å². The Bertz CT molecular complexity index is 538. The van der Waals surface area contributed by atoms with Gasteiger partial charge < -0.3 is 13.3 Å². The van der Waals surface area contributed by atoms with Gasteiger partial charge in [0, 0.05) is 25.4 Å². The summed E-state index contributed by atoms with van der Waals surface area (Å²) in [6.07, 6.45) is 0.153. The normalized spacial score (nSPS) is 13.0. The van der Waals surface area contributed by atoms with Gasteiger partial charge in [-0.25, -0.2) is 0 Å². The summed E-state index contributed by atoms with van der Waals surface area (Å²) in [6.45, 7) is 7.89. The van der Waals surface area contributed by atoms with E-state index in [0.29, 0.717) is 6.42 Å². The molecule has 0 spiro atoms. The van der Waals surface area contributed by atoms with Gasteiger partial charge in [0.1, 0.15) is 0 Å². The zero-order chi connectivity index (χ0) is 20.5. The van der Waals surface area contributed by atoms with Crippen molar-refractivity contribution in [2.45, 2.75) is 84.2 Å². The number of hydrogen-bond acceptors (Lipinski definition) is 3. The molecule has 27 heavy (non-hydrogen) atoms. The van der Waals surface area contributed by atoms with Crippen molar-refractivity contribution < 1.29 is 26.4 Å². The molecule has 3 nitrogen and oxygen atoms in total. The highest BCUT2D eigenvalue weighted by molar-refractivity contribution is 6.60. The standard InChI is InChI=1S/C20H33F3O3Si/c1-16(2)25-27(24-5,26-17(3)4)14-9-7-6-8-11-18-12-10-13-19(15-18)20(21,22)23/h10,12-13,15-17H,6-9,11,14H2,1-5H3. The van der Waals surface area contributed by atoms with Crippen LogP contribution in [-0.4, -0.2) is 28.1 Å². The Morgan fingerprint density at radius 1 is 0.926 bits per heavy atom. The van der Waals surface area contributed by atoms with Crippen molar-refractivity contribution in [1.82, 2.24) is 0 Å². The first kappa shape index (κ1) is 24.1. The molecule has 0 amide bonds. The maximum absolute atomic E-state index is 12.8. The van der Waals surface area contributed by atoms with E-state index in [1.165, 1.54) is 12.1 Å². The van der Waals surface area contributed by atoms with Crippen LogP contribution in [0.4, 0.5) is 13.2 Å². The molecular formula is C20H33F3O3Si. The lowest BCUT2D eigenvalue weighted by molar-refractivity contribution is -0.137. The molecule has 0 fully saturated rings. The highest BCUT2D eigenvalue weighted by Crippen LogP contribution is 2.30. The van der Waals surface area contributed by atoms with Crippen molar-refractivity contribution in [2.75, 3.05) is 7.11 Å². The molecule has 1 aromatic rings. The second-order valence-corrected chi connectivity index (χ2v) is 10.1. The molecule has 1 aromatic carbocycles. The molecule has 0 aliphatic heterocycles. The number of unbranched alkanes of at least 4 members (excludes halogenated alkanes) is 3. The molecule has 0 atom stereocenters. The van der Waals surface area contributed by atoms with Crippen LogP contribution in [0.1, 0.15) is 64.5 Å². The molecule has 0 aromatic heterocycles. The number of halogens is 3. The maximum Gasteiger partial charge on any atom is 0.501 e. The minimum absolute atomic E-state index is 0.0382. The zero-order valence-electron chi connectivity index (χ0n) is 17.1. The van der Waals surface area contributed by atoms with Gasteiger partial charge in [-0.3, -0.25) is 0 Å². The van der Waals surface area contributed by atoms with Crippen LogP contribution in [0.2, 0.25) is 6.04 Å². The molecule has 156 valence electrons. The SMILES string of the molecule is CO[Si](CCCCCCc1cccc(C(F)(F)F)c1)(OC(C)C)OC(C)C. The van der Waals surface area contributed by atoms with Gasteiger partial charge in [0.15, 0.2) is 0 Å². The van der Waals surface area contributed by atoms with Crippen LogP contribution in [0.15, 0.2) is 24.3 Å². The predicted octanol–water partition coefficient (Wildman–Crippen LogP) is 6.24. The number of hydrogen-bond donors (Lipinski definition) is 0. The van der Waals surface area contributed by atoms with Crippen molar-refractivity contribution in [3.8, 4) is 0 Å². The van der Waals surface area contributed by atoms with Gasteiger partial charge in [0.25, 0.3) is 0 Å². The first-order chi connectivity index (χ1) is 12.6. The second-order valence-electron chi connectivity index (χ2n) is 7.33. The third kappa shape index (κ3) is 9.23. The van der Waals surface area contributed by atoms with Gasteiger partial charge in [-0.1, -0.05) is 31.0 Å². The molecule has 0 aliphatic rings. The van der Waals surface area contributed by atoms with Gasteiger partial charge in [-0.2, -0.15) is 13.2 Å². The summed E-state index contributed by atoms with van der Waals surface area (Å²) in [5, 5.41) is 0. The molecule has 1 rings (SSSR count). The Kier molecular flexibility index (Phi) is 10.0. The van der Waals surface area contributed by atoms with Gasteiger partial charge in [-0.05, 0) is 58.6 Å². The number of alkyl halides is 3. The maximum atomic E-state index is 12.8. The van der Waals surface area contributed by atoms with E-state index in [4.69, 9.17) is 13.3 Å². The summed E-state index contributed by atoms with van der Waals surface area (Å²) in [7, 11) is -1.03. The summed E-state index contributed by atoms with van der Waals surface area (Å²) >= 11 is 0. The van der Waals surface area contributed by atoms with E-state index in [0.717, 1.165) is 43.4 Å². The van der Waals surface area contributed by atoms with Crippen molar-refractivity contribution in [2.24, 2.45) is 0 Å². The predicted molar refractivity (Wildman–Crippen MR) is 104 cm³/mol. The minimum atomic E-state index is -4.28. The van der Waals surface area contributed by atoms with Crippen LogP contribution < -0.4 is 0 Å². The van der Waals surface area contributed by atoms with E-state index in [9.17, 15) is 13.2 Å². The minimum Gasteiger partial charge on any atom is -0.377 e. The second kappa shape index (κ2) is 11.2. The fraction of sp³-hybridized carbons (Fsp3) is 0.700. The summed E-state index contributed by atoms with van der Waals surface area (Å²) in [4.78, 5) is 0. The molecule has 0 heterocycles. The summed E-state index contributed by atoms with van der Waals surface area (Å²) in [5.41, 5.74) is 0.157. The lowest BCUT2D eigenvalue weighted by Gasteiger charge is -2.31. The van der Waals surface area contributed by atoms with Crippen molar-refractivity contribution in [3.05, 3.63) is 35.4 Å². The lowest BCUT2D eigenvalue weighted by atomic mass is 10.0. The summed E-state index contributed by atoms with van der Waals surface area (Å²) in [5.74, 6) is 0. The molecule has 0 radical (unpaired) electrons. The average molecular weight is 407 g/mol. The van der Waals surface area contributed by atoms with Crippen LogP contribution in [0.5, 0.6) is 0 Å². The molecule has 0 unspecified atom stereocenters. The highest BCUT2D eigenvalue weighted by atomic mass is 28.4. The molecule has 0 N–H and O–H groups in total.